The fraction of sp³-hybridized carbons (Fsp3) is 1.00. The molecule has 0 unspecified atom stereocenters. The smallest absolute Gasteiger partial charge is 0.187 e. The van der Waals surface area contributed by atoms with Crippen molar-refractivity contribution in [1.29, 1.82) is 0 Å². The Hall–Kier alpha value is -0.640. The summed E-state index contributed by atoms with van der Waals surface area (Å²) in [5.74, 6) is 0. The number of ether oxygens (including phenoxy) is 5. The van der Waals surface area contributed by atoms with E-state index in [-0.39, 0.29) is 0 Å². The van der Waals surface area contributed by atoms with Gasteiger partial charge in [-0.1, -0.05) is 0 Å². The Labute approximate surface area is 192 Å². The zero-order chi connectivity index (χ0) is 25.3. The van der Waals surface area contributed by atoms with Gasteiger partial charge in [-0.25, -0.2) is 0 Å². The van der Waals surface area contributed by atoms with E-state index in [1.807, 2.05) is 0 Å². The number of rotatable bonds is 7. The Morgan fingerprint density at radius 1 is 0.500 bits per heavy atom. The van der Waals surface area contributed by atoms with E-state index in [1.54, 1.807) is 0 Å². The molecule has 3 fully saturated rings. The van der Waals surface area contributed by atoms with Crippen LogP contribution < -0.4 is 0 Å². The van der Waals surface area contributed by atoms with E-state index in [0.717, 1.165) is 0 Å². The number of hydrogen-bond donors (Lipinski definition) is 11. The summed E-state index contributed by atoms with van der Waals surface area (Å²) in [5.41, 5.74) is 0. The lowest BCUT2D eigenvalue weighted by atomic mass is 9.97. The summed E-state index contributed by atoms with van der Waals surface area (Å²) < 4.78 is 26.1. The average Bonchev–Trinajstić information content (AvgIpc) is 2.82. The van der Waals surface area contributed by atoms with Crippen LogP contribution in [-0.4, -0.2) is 168 Å². The molecule has 0 aliphatic carbocycles. The van der Waals surface area contributed by atoms with Gasteiger partial charge in [-0.05, 0) is 0 Å². The van der Waals surface area contributed by atoms with Crippen molar-refractivity contribution in [1.82, 2.24) is 0 Å². The molecule has 3 aliphatic rings. The monoisotopic (exact) mass is 504 g/mol. The molecule has 16 nitrogen and oxygen atoms in total. The van der Waals surface area contributed by atoms with Gasteiger partial charge in [0, 0.05) is 0 Å². The predicted molar refractivity (Wildman–Crippen MR) is 101 cm³/mol. The molecule has 11 N–H and O–H groups in total. The van der Waals surface area contributed by atoms with Gasteiger partial charge in [0.25, 0.3) is 0 Å². The molecule has 0 aromatic heterocycles. The summed E-state index contributed by atoms with van der Waals surface area (Å²) in [5, 5.41) is 109. The van der Waals surface area contributed by atoms with Crippen molar-refractivity contribution in [2.75, 3.05) is 19.8 Å². The van der Waals surface area contributed by atoms with E-state index in [9.17, 15) is 56.2 Å². The molecule has 3 heterocycles. The van der Waals surface area contributed by atoms with E-state index >= 15 is 0 Å². The first kappa shape index (κ1) is 27.9. The van der Waals surface area contributed by atoms with Gasteiger partial charge in [0.05, 0.1) is 19.8 Å². The lowest BCUT2D eigenvalue weighted by Gasteiger charge is -2.45. The van der Waals surface area contributed by atoms with Crippen LogP contribution in [0, 0.1) is 0 Å². The summed E-state index contributed by atoms with van der Waals surface area (Å²) in [6, 6.07) is 0. The summed E-state index contributed by atoms with van der Waals surface area (Å²) in [4.78, 5) is 0. The molecule has 3 rings (SSSR count). The lowest BCUT2D eigenvalue weighted by molar-refractivity contribution is -0.361. The maximum atomic E-state index is 10.6. The molecule has 0 spiro atoms. The molecule has 0 aromatic carbocycles. The quantitative estimate of drug-likeness (QED) is 0.154. The number of hydrogen-bond acceptors (Lipinski definition) is 16. The van der Waals surface area contributed by atoms with E-state index in [0.29, 0.717) is 0 Å². The molecule has 15 atom stereocenters. The van der Waals surface area contributed by atoms with Crippen LogP contribution in [0.1, 0.15) is 0 Å². The average molecular weight is 504 g/mol. The van der Waals surface area contributed by atoms with Crippen molar-refractivity contribution in [2.45, 2.75) is 92.1 Å². The summed E-state index contributed by atoms with van der Waals surface area (Å²) in [6.07, 6.45) is -24.9. The molecule has 0 bridgehead atoms. The Kier molecular flexibility index (Phi) is 9.54. The van der Waals surface area contributed by atoms with E-state index in [4.69, 9.17) is 23.7 Å². The van der Waals surface area contributed by atoms with Crippen molar-refractivity contribution in [2.24, 2.45) is 0 Å². The number of aliphatic hydroxyl groups is 11. The maximum Gasteiger partial charge on any atom is 0.187 e. The van der Waals surface area contributed by atoms with Crippen molar-refractivity contribution < 1.29 is 79.9 Å². The minimum absolute atomic E-state index is 0.609. The van der Waals surface area contributed by atoms with Gasteiger partial charge in [-0.2, -0.15) is 0 Å². The van der Waals surface area contributed by atoms with Crippen molar-refractivity contribution >= 4 is 0 Å². The third kappa shape index (κ3) is 5.52. The summed E-state index contributed by atoms with van der Waals surface area (Å²) in [6.45, 7) is -2.06. The molecule has 0 amide bonds. The Balaban J connectivity index is 1.65. The van der Waals surface area contributed by atoms with Crippen LogP contribution in [0.2, 0.25) is 0 Å². The Morgan fingerprint density at radius 3 is 1.53 bits per heavy atom. The second kappa shape index (κ2) is 11.6. The van der Waals surface area contributed by atoms with Gasteiger partial charge >= 0.3 is 0 Å². The fourth-order valence-electron chi connectivity index (χ4n) is 3.94. The highest BCUT2D eigenvalue weighted by atomic mass is 16.7. The second-order valence-corrected chi connectivity index (χ2v) is 8.37. The van der Waals surface area contributed by atoms with Crippen LogP contribution in [0.5, 0.6) is 0 Å². The summed E-state index contributed by atoms with van der Waals surface area (Å²) in [7, 11) is 0. The van der Waals surface area contributed by atoms with Gasteiger partial charge < -0.3 is 79.9 Å². The topological polar surface area (TPSA) is 269 Å². The lowest BCUT2D eigenvalue weighted by Crippen LogP contribution is -2.65. The van der Waals surface area contributed by atoms with Crippen LogP contribution in [0.25, 0.3) is 0 Å². The molecule has 16 heteroatoms. The second-order valence-electron chi connectivity index (χ2n) is 8.37. The molecule has 3 aliphatic heterocycles. The minimum atomic E-state index is -1.93. The predicted octanol–water partition coefficient (Wildman–Crippen LogP) is -7.57. The highest BCUT2D eigenvalue weighted by molar-refractivity contribution is 4.94. The minimum Gasteiger partial charge on any atom is -0.394 e. The molecule has 200 valence electrons. The maximum absolute atomic E-state index is 10.6. The largest absolute Gasteiger partial charge is 0.394 e. The van der Waals surface area contributed by atoms with Crippen LogP contribution in [-0.2, 0) is 23.7 Å². The normalized spacial score (nSPS) is 52.5. The van der Waals surface area contributed by atoms with E-state index in [1.165, 1.54) is 0 Å². The SMILES string of the molecule is OC[C@H]1O[C@@H](OC[C@H]2O[C@H](O)[C@H](O)[C@@H](O[C@H]3O[C@H](CO)[C@@H](O)[C@H](O)[C@H]3O)[C@@H]2O)[C@H](O)[C@@H](O)[C@@H]1O. The van der Waals surface area contributed by atoms with Crippen LogP contribution in [0.3, 0.4) is 0 Å². The van der Waals surface area contributed by atoms with Gasteiger partial charge in [0.2, 0.25) is 0 Å². The highest BCUT2D eigenvalue weighted by Crippen LogP contribution is 2.29. The zero-order valence-corrected chi connectivity index (χ0v) is 17.7. The van der Waals surface area contributed by atoms with Crippen molar-refractivity contribution in [3.63, 3.8) is 0 Å². The van der Waals surface area contributed by atoms with Crippen LogP contribution >= 0.6 is 0 Å². The van der Waals surface area contributed by atoms with Crippen molar-refractivity contribution in [3.05, 3.63) is 0 Å². The molecular weight excluding hydrogens is 472 g/mol. The molecule has 3 saturated heterocycles. The third-order valence-corrected chi connectivity index (χ3v) is 6.07. The first-order chi connectivity index (χ1) is 16.0. The molecule has 34 heavy (non-hydrogen) atoms. The number of aliphatic hydroxyl groups excluding tert-OH is 11. The first-order valence-electron chi connectivity index (χ1n) is 10.6. The third-order valence-electron chi connectivity index (χ3n) is 6.07. The molecular formula is C18H32O16. The van der Waals surface area contributed by atoms with E-state index in [2.05, 4.69) is 0 Å². The molecule has 0 radical (unpaired) electrons. The van der Waals surface area contributed by atoms with Crippen molar-refractivity contribution in [3.8, 4) is 0 Å². The van der Waals surface area contributed by atoms with E-state index < -0.39 is 112 Å². The Morgan fingerprint density at radius 2 is 1.00 bits per heavy atom. The summed E-state index contributed by atoms with van der Waals surface area (Å²) >= 11 is 0. The Bertz CT molecular complexity index is 637. The highest BCUT2D eigenvalue weighted by Gasteiger charge is 2.51. The standard InChI is InChI=1S/C18H32O16/c19-1-4-7(21)10(24)12(26)17(32-4)30-3-6-9(23)15(14(28)16(29)31-6)34-18-13(27)11(25)8(22)5(2-20)33-18/h4-29H,1-3H2/t4-,5-,6-,7-,8-,9-,10+,11+,12-,13-,14-,15+,16+,17-,18-/m1/s1. The fourth-order valence-corrected chi connectivity index (χ4v) is 3.94. The van der Waals surface area contributed by atoms with Gasteiger partial charge in [0.15, 0.2) is 18.9 Å². The van der Waals surface area contributed by atoms with Gasteiger partial charge in [0.1, 0.15) is 73.2 Å². The van der Waals surface area contributed by atoms with Gasteiger partial charge in [-0.3, -0.25) is 0 Å². The van der Waals surface area contributed by atoms with Crippen LogP contribution in [0.4, 0.5) is 0 Å². The zero-order valence-electron chi connectivity index (χ0n) is 17.7. The van der Waals surface area contributed by atoms with Crippen LogP contribution in [0.15, 0.2) is 0 Å². The molecule has 0 aromatic rings. The van der Waals surface area contributed by atoms with Gasteiger partial charge in [-0.15, -0.1) is 0 Å². The first-order valence-corrected chi connectivity index (χ1v) is 10.6. The molecule has 0 saturated carbocycles.